The highest BCUT2D eigenvalue weighted by atomic mass is 19.3. The molecular formula is C11H14F2N2O3. The summed E-state index contributed by atoms with van der Waals surface area (Å²) in [6, 6.07) is 5.69. The average Bonchev–Trinajstić information content (AvgIpc) is 2.37. The highest BCUT2D eigenvalue weighted by molar-refractivity contribution is 5.89. The van der Waals surface area contributed by atoms with Gasteiger partial charge in [-0.3, -0.25) is 0 Å². The molecule has 0 atom stereocenters. The predicted octanol–water partition coefficient (Wildman–Crippen LogP) is 1.44. The molecule has 0 radical (unpaired) electrons. The van der Waals surface area contributed by atoms with Crippen LogP contribution in [0, 0.1) is 0 Å². The van der Waals surface area contributed by atoms with E-state index in [2.05, 4.69) is 5.32 Å². The number of rotatable bonds is 5. The molecule has 0 fully saturated rings. The maximum absolute atomic E-state index is 12.7. The van der Waals surface area contributed by atoms with Gasteiger partial charge in [0.1, 0.15) is 12.4 Å². The third kappa shape index (κ3) is 4.54. The monoisotopic (exact) mass is 260 g/mol. The molecule has 0 aliphatic carbocycles. The van der Waals surface area contributed by atoms with Crippen LogP contribution in [0.5, 0.6) is 5.75 Å². The van der Waals surface area contributed by atoms with Crippen LogP contribution >= 0.6 is 0 Å². The number of aliphatic hydroxyl groups excluding tert-OH is 1. The third-order valence-electron chi connectivity index (χ3n) is 2.07. The van der Waals surface area contributed by atoms with Crippen molar-refractivity contribution in [3.8, 4) is 5.75 Å². The lowest BCUT2D eigenvalue weighted by Crippen LogP contribution is -2.40. The van der Waals surface area contributed by atoms with Crippen molar-refractivity contribution >= 4 is 11.7 Å². The van der Waals surface area contributed by atoms with E-state index in [1.807, 2.05) is 5.32 Å². The summed E-state index contributed by atoms with van der Waals surface area (Å²) in [5.74, 6) is -2.79. The lowest BCUT2D eigenvalue weighted by Gasteiger charge is -2.14. The second-order valence-corrected chi connectivity index (χ2v) is 3.55. The summed E-state index contributed by atoms with van der Waals surface area (Å²) in [5, 5.41) is 12.7. The Morgan fingerprint density at radius 3 is 2.83 bits per heavy atom. The minimum atomic E-state index is -3.33. The van der Waals surface area contributed by atoms with Crippen molar-refractivity contribution in [2.75, 3.05) is 25.6 Å². The molecule has 0 bridgehead atoms. The molecule has 2 amide bonds. The van der Waals surface area contributed by atoms with E-state index in [0.29, 0.717) is 11.4 Å². The molecule has 3 N–H and O–H groups in total. The first kappa shape index (κ1) is 14.2. The van der Waals surface area contributed by atoms with Crippen LogP contribution in [0.4, 0.5) is 19.3 Å². The number of hydrogen-bond donors (Lipinski definition) is 3. The van der Waals surface area contributed by atoms with Crippen molar-refractivity contribution in [2.45, 2.75) is 5.92 Å². The Morgan fingerprint density at radius 1 is 1.50 bits per heavy atom. The second kappa shape index (κ2) is 6.15. The number of urea groups is 1. The van der Waals surface area contributed by atoms with Crippen LogP contribution in [-0.2, 0) is 0 Å². The van der Waals surface area contributed by atoms with E-state index in [1.54, 1.807) is 24.3 Å². The Hall–Kier alpha value is -1.89. The average molecular weight is 260 g/mol. The molecule has 100 valence electrons. The molecule has 1 rings (SSSR count). The minimum Gasteiger partial charge on any atom is -0.497 e. The Kier molecular flexibility index (Phi) is 4.85. The van der Waals surface area contributed by atoms with Crippen LogP contribution in [0.15, 0.2) is 24.3 Å². The predicted molar refractivity (Wildman–Crippen MR) is 62.0 cm³/mol. The summed E-state index contributed by atoms with van der Waals surface area (Å²) >= 11 is 0. The standard InChI is InChI=1S/C11H14F2N2O3/c1-18-9-4-2-3-8(5-9)15-10(17)14-6-11(12,13)7-16/h2-5,16H,6-7H2,1H3,(H2,14,15,17). The van der Waals surface area contributed by atoms with Gasteiger partial charge in [0.25, 0.3) is 5.92 Å². The quantitative estimate of drug-likeness (QED) is 0.750. The molecule has 0 saturated carbocycles. The molecule has 0 unspecified atom stereocenters. The number of nitrogens with one attached hydrogen (secondary N) is 2. The molecule has 1 aromatic rings. The number of halogens is 2. The lowest BCUT2D eigenvalue weighted by atomic mass is 10.3. The smallest absolute Gasteiger partial charge is 0.319 e. The number of anilines is 1. The van der Waals surface area contributed by atoms with E-state index < -0.39 is 25.1 Å². The fourth-order valence-electron chi connectivity index (χ4n) is 1.14. The van der Waals surface area contributed by atoms with Crippen molar-refractivity contribution in [1.29, 1.82) is 0 Å². The molecule has 7 heteroatoms. The summed E-state index contributed by atoms with van der Waals surface area (Å²) in [4.78, 5) is 11.3. The third-order valence-corrected chi connectivity index (χ3v) is 2.07. The maximum atomic E-state index is 12.7. The maximum Gasteiger partial charge on any atom is 0.319 e. The highest BCUT2D eigenvalue weighted by Crippen LogP contribution is 2.16. The zero-order chi connectivity index (χ0) is 13.6. The largest absolute Gasteiger partial charge is 0.497 e. The molecule has 0 spiro atoms. The summed E-state index contributed by atoms with van der Waals surface area (Å²) in [6.45, 7) is -2.24. The number of alkyl halides is 2. The van der Waals surface area contributed by atoms with E-state index >= 15 is 0 Å². The fraction of sp³-hybridized carbons (Fsp3) is 0.364. The van der Waals surface area contributed by atoms with Gasteiger partial charge in [-0.15, -0.1) is 0 Å². The van der Waals surface area contributed by atoms with Crippen LogP contribution in [0.2, 0.25) is 0 Å². The van der Waals surface area contributed by atoms with E-state index in [1.165, 1.54) is 7.11 Å². The van der Waals surface area contributed by atoms with E-state index in [4.69, 9.17) is 9.84 Å². The van der Waals surface area contributed by atoms with Crippen molar-refractivity contribution in [2.24, 2.45) is 0 Å². The van der Waals surface area contributed by atoms with Crippen LogP contribution in [-0.4, -0.2) is 37.3 Å². The number of aliphatic hydroxyl groups is 1. The van der Waals surface area contributed by atoms with Crippen molar-refractivity contribution in [3.05, 3.63) is 24.3 Å². The van der Waals surface area contributed by atoms with Gasteiger partial charge in [0.15, 0.2) is 0 Å². The normalized spacial score (nSPS) is 10.9. The summed E-state index contributed by atoms with van der Waals surface area (Å²) in [7, 11) is 1.47. The molecule has 5 nitrogen and oxygen atoms in total. The van der Waals surface area contributed by atoms with Gasteiger partial charge in [0.05, 0.1) is 13.7 Å². The van der Waals surface area contributed by atoms with Gasteiger partial charge in [0, 0.05) is 11.8 Å². The van der Waals surface area contributed by atoms with Gasteiger partial charge in [-0.25, -0.2) is 13.6 Å². The number of methoxy groups -OCH3 is 1. The number of benzene rings is 1. The van der Waals surface area contributed by atoms with Crippen molar-refractivity contribution in [3.63, 3.8) is 0 Å². The zero-order valence-electron chi connectivity index (χ0n) is 9.74. The molecule has 0 saturated heterocycles. The van der Waals surface area contributed by atoms with Crippen LogP contribution in [0.3, 0.4) is 0 Å². The van der Waals surface area contributed by atoms with Gasteiger partial charge in [-0.05, 0) is 12.1 Å². The minimum absolute atomic E-state index is 0.416. The Bertz CT molecular complexity index is 413. The molecule has 0 heterocycles. The number of carbonyl (C=O) groups is 1. The zero-order valence-corrected chi connectivity index (χ0v) is 9.74. The summed E-state index contributed by atoms with van der Waals surface area (Å²) in [6.07, 6.45) is 0. The molecule has 18 heavy (non-hydrogen) atoms. The van der Waals surface area contributed by atoms with Gasteiger partial charge in [0.2, 0.25) is 0 Å². The van der Waals surface area contributed by atoms with Gasteiger partial charge in [-0.2, -0.15) is 0 Å². The summed E-state index contributed by atoms with van der Waals surface area (Å²) < 4.78 is 30.3. The van der Waals surface area contributed by atoms with E-state index in [9.17, 15) is 13.6 Å². The van der Waals surface area contributed by atoms with Gasteiger partial charge in [-0.1, -0.05) is 6.07 Å². The number of hydrogen-bond acceptors (Lipinski definition) is 3. The molecule has 0 aliphatic rings. The number of carbonyl (C=O) groups excluding carboxylic acids is 1. The molecule has 0 aliphatic heterocycles. The van der Waals surface area contributed by atoms with Crippen LogP contribution in [0.1, 0.15) is 0 Å². The first-order valence-electron chi connectivity index (χ1n) is 5.14. The van der Waals surface area contributed by atoms with Crippen LogP contribution in [0.25, 0.3) is 0 Å². The number of amides is 2. The second-order valence-electron chi connectivity index (χ2n) is 3.55. The number of ether oxygens (including phenoxy) is 1. The molecule has 1 aromatic carbocycles. The first-order valence-corrected chi connectivity index (χ1v) is 5.14. The Labute approximate surface area is 103 Å². The van der Waals surface area contributed by atoms with Crippen molar-refractivity contribution in [1.82, 2.24) is 5.32 Å². The van der Waals surface area contributed by atoms with Crippen molar-refractivity contribution < 1.29 is 23.4 Å². The first-order chi connectivity index (χ1) is 8.46. The van der Waals surface area contributed by atoms with Crippen LogP contribution < -0.4 is 15.4 Å². The van der Waals surface area contributed by atoms with E-state index in [-0.39, 0.29) is 0 Å². The summed E-state index contributed by atoms with van der Waals surface area (Å²) in [5.41, 5.74) is 0.416. The van der Waals surface area contributed by atoms with E-state index in [0.717, 1.165) is 0 Å². The Morgan fingerprint density at radius 2 is 2.22 bits per heavy atom. The highest BCUT2D eigenvalue weighted by Gasteiger charge is 2.28. The topological polar surface area (TPSA) is 70.6 Å². The lowest BCUT2D eigenvalue weighted by molar-refractivity contribution is -0.0451. The molecular weight excluding hydrogens is 246 g/mol. The van der Waals surface area contributed by atoms with Gasteiger partial charge >= 0.3 is 6.03 Å². The Balaban J connectivity index is 2.49. The van der Waals surface area contributed by atoms with Gasteiger partial charge < -0.3 is 20.5 Å². The SMILES string of the molecule is COc1cccc(NC(=O)NCC(F)(F)CO)c1. The molecule has 0 aromatic heterocycles. The fourth-order valence-corrected chi connectivity index (χ4v) is 1.14.